The molecule has 1 heterocycles. The maximum Gasteiger partial charge on any atom is 0.264 e. The molecule has 1 saturated carbocycles. The Morgan fingerprint density at radius 1 is 1.07 bits per heavy atom. The SMILES string of the molecule is C[C@@H]1CCCC[C@@H]1NC(=O)c1cccc(S(=O)(=O)N2CCc3ccccc32)c1. The fourth-order valence-corrected chi connectivity index (χ4v) is 5.81. The first-order valence-electron chi connectivity index (χ1n) is 9.98. The van der Waals surface area contributed by atoms with Crippen LogP contribution in [-0.4, -0.2) is 26.9 Å². The van der Waals surface area contributed by atoms with Crippen LogP contribution in [0.3, 0.4) is 0 Å². The maximum atomic E-state index is 13.2. The molecule has 148 valence electrons. The number of hydrogen-bond donors (Lipinski definition) is 1. The van der Waals surface area contributed by atoms with E-state index in [4.69, 9.17) is 0 Å². The molecule has 0 radical (unpaired) electrons. The van der Waals surface area contributed by atoms with E-state index in [1.54, 1.807) is 18.2 Å². The molecule has 1 amide bonds. The summed E-state index contributed by atoms with van der Waals surface area (Å²) in [6.07, 6.45) is 5.13. The van der Waals surface area contributed by atoms with Crippen LogP contribution < -0.4 is 9.62 Å². The van der Waals surface area contributed by atoms with Crippen molar-refractivity contribution in [1.82, 2.24) is 5.32 Å². The Balaban J connectivity index is 1.57. The first kappa shape index (κ1) is 19.0. The molecule has 28 heavy (non-hydrogen) atoms. The van der Waals surface area contributed by atoms with Gasteiger partial charge in [-0.25, -0.2) is 8.42 Å². The van der Waals surface area contributed by atoms with Gasteiger partial charge < -0.3 is 5.32 Å². The molecule has 1 fully saturated rings. The van der Waals surface area contributed by atoms with Crippen molar-refractivity contribution in [3.05, 3.63) is 59.7 Å². The van der Waals surface area contributed by atoms with Gasteiger partial charge in [0.25, 0.3) is 15.9 Å². The van der Waals surface area contributed by atoms with Crippen molar-refractivity contribution in [3.8, 4) is 0 Å². The Morgan fingerprint density at radius 2 is 1.86 bits per heavy atom. The lowest BCUT2D eigenvalue weighted by atomic mass is 9.86. The highest BCUT2D eigenvalue weighted by molar-refractivity contribution is 7.92. The van der Waals surface area contributed by atoms with Crippen LogP contribution in [0, 0.1) is 5.92 Å². The van der Waals surface area contributed by atoms with Crippen molar-refractivity contribution in [2.24, 2.45) is 5.92 Å². The summed E-state index contributed by atoms with van der Waals surface area (Å²) in [6.45, 7) is 2.59. The zero-order chi connectivity index (χ0) is 19.7. The average Bonchev–Trinajstić information content (AvgIpc) is 3.15. The highest BCUT2D eigenvalue weighted by Gasteiger charge is 2.31. The summed E-state index contributed by atoms with van der Waals surface area (Å²) in [7, 11) is -3.70. The Hall–Kier alpha value is -2.34. The van der Waals surface area contributed by atoms with Gasteiger partial charge in [0, 0.05) is 18.2 Å². The van der Waals surface area contributed by atoms with Gasteiger partial charge in [-0.15, -0.1) is 0 Å². The van der Waals surface area contributed by atoms with Crippen LogP contribution in [0.25, 0.3) is 0 Å². The van der Waals surface area contributed by atoms with Gasteiger partial charge >= 0.3 is 0 Å². The topological polar surface area (TPSA) is 66.5 Å². The van der Waals surface area contributed by atoms with Crippen LogP contribution in [0.4, 0.5) is 5.69 Å². The molecule has 2 aromatic rings. The van der Waals surface area contributed by atoms with Gasteiger partial charge in [0.2, 0.25) is 0 Å². The quantitative estimate of drug-likeness (QED) is 0.853. The molecular formula is C22H26N2O3S. The van der Waals surface area contributed by atoms with Gasteiger partial charge in [0.15, 0.2) is 0 Å². The summed E-state index contributed by atoms with van der Waals surface area (Å²) in [6, 6.07) is 14.1. The number of rotatable bonds is 4. The molecule has 1 aliphatic carbocycles. The van der Waals surface area contributed by atoms with Crippen molar-refractivity contribution in [1.29, 1.82) is 0 Å². The highest BCUT2D eigenvalue weighted by atomic mass is 32.2. The molecule has 0 saturated heterocycles. The molecule has 0 unspecified atom stereocenters. The Morgan fingerprint density at radius 3 is 2.68 bits per heavy atom. The summed E-state index contributed by atoms with van der Waals surface area (Å²) in [5, 5.41) is 3.10. The smallest absolute Gasteiger partial charge is 0.264 e. The van der Waals surface area contributed by atoms with Gasteiger partial charge in [-0.1, -0.05) is 44.0 Å². The van der Waals surface area contributed by atoms with E-state index in [0.717, 1.165) is 30.5 Å². The fraction of sp³-hybridized carbons (Fsp3) is 0.409. The average molecular weight is 399 g/mol. The maximum absolute atomic E-state index is 13.2. The number of nitrogens with zero attached hydrogens (tertiary/aromatic N) is 1. The van der Waals surface area contributed by atoms with E-state index in [0.29, 0.717) is 24.4 Å². The van der Waals surface area contributed by atoms with E-state index >= 15 is 0 Å². The number of benzene rings is 2. The van der Waals surface area contributed by atoms with Crippen LogP contribution in [0.5, 0.6) is 0 Å². The van der Waals surface area contributed by atoms with Gasteiger partial charge in [-0.3, -0.25) is 9.10 Å². The standard InChI is InChI=1S/C22H26N2O3S/c1-16-7-2-4-11-20(16)23-22(25)18-9-6-10-19(15-18)28(26,27)24-14-13-17-8-3-5-12-21(17)24/h3,5-6,8-10,12,15-16,20H,2,4,7,11,13-14H2,1H3,(H,23,25)/t16-,20+/m1/s1. The van der Waals surface area contributed by atoms with Crippen LogP contribution in [0.15, 0.2) is 53.4 Å². The minimum absolute atomic E-state index is 0.159. The lowest BCUT2D eigenvalue weighted by molar-refractivity contribution is 0.0910. The minimum Gasteiger partial charge on any atom is -0.349 e. The van der Waals surface area contributed by atoms with Gasteiger partial charge in [0.05, 0.1) is 10.6 Å². The molecule has 5 nitrogen and oxygen atoms in total. The number of para-hydroxylation sites is 1. The second kappa shape index (κ2) is 7.59. The van der Waals surface area contributed by atoms with Gasteiger partial charge in [-0.2, -0.15) is 0 Å². The van der Waals surface area contributed by atoms with E-state index in [-0.39, 0.29) is 16.8 Å². The lowest BCUT2D eigenvalue weighted by Crippen LogP contribution is -2.41. The summed E-state index contributed by atoms with van der Waals surface area (Å²) < 4.78 is 27.9. The number of hydrogen-bond acceptors (Lipinski definition) is 3. The van der Waals surface area contributed by atoms with Crippen LogP contribution in [0.2, 0.25) is 0 Å². The Bertz CT molecular complexity index is 987. The monoisotopic (exact) mass is 398 g/mol. The van der Waals surface area contributed by atoms with Gasteiger partial charge in [0.1, 0.15) is 0 Å². The molecule has 4 rings (SSSR count). The summed E-state index contributed by atoms with van der Waals surface area (Å²) in [5.74, 6) is 0.253. The first-order chi connectivity index (χ1) is 13.5. The number of fused-ring (bicyclic) bond motifs is 1. The molecule has 0 aromatic heterocycles. The first-order valence-corrected chi connectivity index (χ1v) is 11.4. The van der Waals surface area contributed by atoms with Crippen molar-refractivity contribution >= 4 is 21.6 Å². The second-order valence-corrected chi connectivity index (χ2v) is 9.69. The predicted octanol–water partition coefficient (Wildman–Crippen LogP) is 3.75. The van der Waals surface area contributed by atoms with E-state index in [1.807, 2.05) is 24.3 Å². The third kappa shape index (κ3) is 3.53. The molecule has 1 N–H and O–H groups in total. The normalized spacial score (nSPS) is 22.0. The number of anilines is 1. The molecular weight excluding hydrogens is 372 g/mol. The number of nitrogens with one attached hydrogen (secondary N) is 1. The largest absolute Gasteiger partial charge is 0.349 e. The fourth-order valence-electron chi connectivity index (χ4n) is 4.27. The molecule has 2 aliphatic rings. The van der Waals surface area contributed by atoms with E-state index in [9.17, 15) is 13.2 Å². The van der Waals surface area contributed by atoms with Crippen molar-refractivity contribution < 1.29 is 13.2 Å². The van der Waals surface area contributed by atoms with Gasteiger partial charge in [-0.05, 0) is 55.0 Å². The molecule has 0 bridgehead atoms. The highest BCUT2D eigenvalue weighted by Crippen LogP contribution is 2.33. The third-order valence-corrected chi connectivity index (χ3v) is 7.77. The van der Waals surface area contributed by atoms with E-state index in [1.165, 1.54) is 16.8 Å². The minimum atomic E-state index is -3.70. The summed E-state index contributed by atoms with van der Waals surface area (Å²) in [4.78, 5) is 12.9. The Labute approximate surface area is 166 Å². The third-order valence-electron chi connectivity index (χ3n) is 5.96. The molecule has 2 atom stereocenters. The van der Waals surface area contributed by atoms with E-state index in [2.05, 4.69) is 12.2 Å². The van der Waals surface area contributed by atoms with Crippen molar-refractivity contribution in [3.63, 3.8) is 0 Å². The number of carbonyl (C=O) groups excluding carboxylic acids is 1. The number of amides is 1. The van der Waals surface area contributed by atoms with Crippen LogP contribution in [-0.2, 0) is 16.4 Å². The Kier molecular flexibility index (Phi) is 5.15. The van der Waals surface area contributed by atoms with Crippen LogP contribution in [0.1, 0.15) is 48.5 Å². The number of carbonyl (C=O) groups is 1. The molecule has 2 aromatic carbocycles. The molecule has 0 spiro atoms. The van der Waals surface area contributed by atoms with Crippen molar-refractivity contribution in [2.45, 2.75) is 50.0 Å². The lowest BCUT2D eigenvalue weighted by Gasteiger charge is -2.29. The second-order valence-electron chi connectivity index (χ2n) is 7.83. The molecule has 6 heteroatoms. The zero-order valence-corrected chi connectivity index (χ0v) is 16.9. The molecule has 1 aliphatic heterocycles. The van der Waals surface area contributed by atoms with Crippen molar-refractivity contribution in [2.75, 3.05) is 10.8 Å². The summed E-state index contributed by atoms with van der Waals surface area (Å²) >= 11 is 0. The summed E-state index contributed by atoms with van der Waals surface area (Å²) in [5.41, 5.74) is 2.16. The number of sulfonamides is 1. The zero-order valence-electron chi connectivity index (χ0n) is 16.1. The van der Waals surface area contributed by atoms with E-state index < -0.39 is 10.0 Å². The predicted molar refractivity (Wildman–Crippen MR) is 110 cm³/mol. The van der Waals surface area contributed by atoms with Crippen LogP contribution >= 0.6 is 0 Å².